The van der Waals surface area contributed by atoms with Crippen molar-refractivity contribution < 1.29 is 29.0 Å². The summed E-state index contributed by atoms with van der Waals surface area (Å²) in [5.74, 6) is -2.40. The third-order valence-electron chi connectivity index (χ3n) is 4.23. The second-order valence-electron chi connectivity index (χ2n) is 5.80. The number of hydrogen-bond acceptors (Lipinski definition) is 5. The van der Waals surface area contributed by atoms with Gasteiger partial charge >= 0.3 is 11.9 Å². The maximum absolute atomic E-state index is 12.9. The molecule has 1 unspecified atom stereocenters. The summed E-state index contributed by atoms with van der Waals surface area (Å²) in [6.07, 6.45) is 1.70. The summed E-state index contributed by atoms with van der Waals surface area (Å²) >= 11 is 0. The van der Waals surface area contributed by atoms with Crippen molar-refractivity contribution in [2.75, 3.05) is 0 Å². The monoisotopic (exact) mass is 343 g/mol. The van der Waals surface area contributed by atoms with Crippen molar-refractivity contribution in [3.63, 3.8) is 0 Å². The second kappa shape index (κ2) is 6.43. The van der Waals surface area contributed by atoms with E-state index in [1.54, 1.807) is 12.1 Å². The quantitative estimate of drug-likeness (QED) is 0.365. The number of ether oxygens (including phenoxy) is 2. The maximum atomic E-state index is 12.9. The molecule has 0 spiro atoms. The number of benzene rings is 1. The fourth-order valence-electron chi connectivity index (χ4n) is 3.10. The van der Waals surface area contributed by atoms with Crippen molar-refractivity contribution in [1.82, 2.24) is 4.90 Å². The number of carboxylic acid groups (broad SMARTS) is 1. The van der Waals surface area contributed by atoms with Gasteiger partial charge in [-0.3, -0.25) is 9.69 Å². The number of esters is 1. The molecule has 25 heavy (non-hydrogen) atoms. The van der Waals surface area contributed by atoms with Crippen LogP contribution in [-0.4, -0.2) is 39.6 Å². The summed E-state index contributed by atoms with van der Waals surface area (Å²) < 4.78 is 10.9. The zero-order valence-electron chi connectivity index (χ0n) is 13.4. The molecular formula is C18H17NO6. The largest absolute Gasteiger partial charge is 0.478 e. The van der Waals surface area contributed by atoms with Crippen molar-refractivity contribution in [3.05, 3.63) is 60.4 Å². The highest BCUT2D eigenvalue weighted by Crippen LogP contribution is 2.47. The topological polar surface area (TPSA) is 93.1 Å². The lowest BCUT2D eigenvalue weighted by atomic mass is 9.88. The molecule has 2 atom stereocenters. The first-order valence-corrected chi connectivity index (χ1v) is 7.75. The Hall–Kier alpha value is -3.09. The Balaban J connectivity index is 1.92. The fourth-order valence-corrected chi connectivity index (χ4v) is 3.10. The number of carbonyl (C=O) groups excluding carboxylic acids is 2. The van der Waals surface area contributed by atoms with E-state index in [0.29, 0.717) is 0 Å². The van der Waals surface area contributed by atoms with Crippen LogP contribution in [0.3, 0.4) is 0 Å². The van der Waals surface area contributed by atoms with E-state index < -0.39 is 23.7 Å². The van der Waals surface area contributed by atoms with Crippen LogP contribution >= 0.6 is 0 Å². The van der Waals surface area contributed by atoms with Crippen LogP contribution in [0.4, 0.5) is 0 Å². The Bertz CT molecular complexity index is 756. The fraction of sp³-hybridized carbons (Fsp3) is 0.278. The van der Waals surface area contributed by atoms with Crippen molar-refractivity contribution in [2.24, 2.45) is 0 Å². The van der Waals surface area contributed by atoms with Gasteiger partial charge in [-0.15, -0.1) is 6.58 Å². The normalized spacial score (nSPS) is 25.8. The van der Waals surface area contributed by atoms with Gasteiger partial charge in [-0.1, -0.05) is 36.4 Å². The number of nitrogens with zero attached hydrogens (tertiary/aromatic N) is 1. The molecule has 2 heterocycles. The van der Waals surface area contributed by atoms with Crippen LogP contribution in [0.5, 0.6) is 0 Å². The molecule has 1 amide bonds. The van der Waals surface area contributed by atoms with Gasteiger partial charge in [-0.25, -0.2) is 9.59 Å². The van der Waals surface area contributed by atoms with Gasteiger partial charge in [0.2, 0.25) is 11.4 Å². The summed E-state index contributed by atoms with van der Waals surface area (Å²) in [7, 11) is 0. The average Bonchev–Trinajstić information content (AvgIpc) is 2.82. The van der Waals surface area contributed by atoms with Crippen LogP contribution in [0.25, 0.3) is 0 Å². The highest BCUT2D eigenvalue weighted by molar-refractivity contribution is 5.97. The molecule has 2 aliphatic heterocycles. The lowest BCUT2D eigenvalue weighted by Gasteiger charge is -2.40. The minimum atomic E-state index is -1.62. The van der Waals surface area contributed by atoms with E-state index in [1.807, 2.05) is 18.2 Å². The van der Waals surface area contributed by atoms with Crippen molar-refractivity contribution in [2.45, 2.75) is 31.2 Å². The Labute approximate surface area is 144 Å². The zero-order chi connectivity index (χ0) is 18.0. The summed E-state index contributed by atoms with van der Waals surface area (Å²) in [4.78, 5) is 37.3. The number of carboxylic acids is 1. The van der Waals surface area contributed by atoms with E-state index in [9.17, 15) is 14.4 Å². The molecule has 2 fully saturated rings. The molecule has 1 aromatic carbocycles. The van der Waals surface area contributed by atoms with E-state index in [1.165, 1.54) is 11.0 Å². The van der Waals surface area contributed by atoms with Gasteiger partial charge in [0.1, 0.15) is 12.4 Å². The Morgan fingerprint density at radius 2 is 2.12 bits per heavy atom. The highest BCUT2D eigenvalue weighted by atomic mass is 16.6. The number of carbonyl (C=O) groups is 3. The third-order valence-corrected chi connectivity index (χ3v) is 4.23. The van der Waals surface area contributed by atoms with Gasteiger partial charge in [0.15, 0.2) is 6.23 Å². The van der Waals surface area contributed by atoms with Crippen LogP contribution in [0.1, 0.15) is 18.4 Å². The van der Waals surface area contributed by atoms with Crippen molar-refractivity contribution in [1.29, 1.82) is 0 Å². The molecule has 0 saturated carbocycles. The Morgan fingerprint density at radius 1 is 1.40 bits per heavy atom. The molecule has 2 saturated heterocycles. The first-order chi connectivity index (χ1) is 12.0. The van der Waals surface area contributed by atoms with Gasteiger partial charge in [0.25, 0.3) is 0 Å². The second-order valence-corrected chi connectivity index (χ2v) is 5.80. The SMILES string of the molecule is C=CCC1(C(=O)OCc2ccccc2)/C(=C/C(=O)O)O[C@@H]2CC(=O)N21. The maximum Gasteiger partial charge on any atom is 0.340 e. The average molecular weight is 343 g/mol. The van der Waals surface area contributed by atoms with Gasteiger partial charge in [-0.2, -0.15) is 0 Å². The number of rotatable bonds is 6. The van der Waals surface area contributed by atoms with E-state index in [2.05, 4.69) is 6.58 Å². The molecule has 3 rings (SSSR count). The molecule has 0 aromatic heterocycles. The van der Waals surface area contributed by atoms with Crippen LogP contribution < -0.4 is 0 Å². The van der Waals surface area contributed by atoms with E-state index in [4.69, 9.17) is 14.6 Å². The number of fused-ring (bicyclic) bond motifs is 1. The van der Waals surface area contributed by atoms with Crippen LogP contribution in [0.2, 0.25) is 0 Å². The molecule has 1 N–H and O–H groups in total. The number of β-lactam (4-membered cyclic amide) rings is 1. The minimum absolute atomic E-state index is 0.00196. The van der Waals surface area contributed by atoms with Gasteiger partial charge in [0, 0.05) is 6.42 Å². The van der Waals surface area contributed by atoms with Crippen LogP contribution in [0, 0.1) is 0 Å². The summed E-state index contributed by atoms with van der Waals surface area (Å²) in [5, 5.41) is 9.09. The first kappa shape index (κ1) is 16.8. The molecule has 0 radical (unpaired) electrons. The van der Waals surface area contributed by atoms with Crippen LogP contribution in [0.15, 0.2) is 54.8 Å². The smallest absolute Gasteiger partial charge is 0.340 e. The van der Waals surface area contributed by atoms with E-state index in [0.717, 1.165) is 11.6 Å². The Morgan fingerprint density at radius 3 is 2.72 bits per heavy atom. The summed E-state index contributed by atoms with van der Waals surface area (Å²) in [6, 6.07) is 9.05. The molecule has 1 aromatic rings. The van der Waals surface area contributed by atoms with Crippen molar-refractivity contribution >= 4 is 17.8 Å². The molecule has 0 bridgehead atoms. The third kappa shape index (κ3) is 2.77. The molecular weight excluding hydrogens is 326 g/mol. The van der Waals surface area contributed by atoms with E-state index >= 15 is 0 Å². The summed E-state index contributed by atoms with van der Waals surface area (Å²) in [6.45, 7) is 3.62. The number of amides is 1. The zero-order valence-corrected chi connectivity index (χ0v) is 13.4. The molecule has 130 valence electrons. The lowest BCUT2D eigenvalue weighted by Crippen LogP contribution is -2.63. The first-order valence-electron chi connectivity index (χ1n) is 7.75. The summed E-state index contributed by atoms with van der Waals surface area (Å²) in [5.41, 5.74) is -0.840. The van der Waals surface area contributed by atoms with Crippen molar-refractivity contribution in [3.8, 4) is 0 Å². The van der Waals surface area contributed by atoms with E-state index in [-0.39, 0.29) is 31.1 Å². The standard InChI is InChI=1S/C18H17NO6/c1-2-8-18(17(23)24-11-12-6-4-3-5-7-12)13(9-16(21)22)25-15-10-14(20)19(15)18/h2-7,9,15H,1,8,10-11H2,(H,21,22)/b13-9-/t15-,18?/m1/s1. The molecule has 2 aliphatic rings. The molecule has 7 heteroatoms. The van der Waals surface area contributed by atoms with Gasteiger partial charge in [0.05, 0.1) is 12.5 Å². The lowest BCUT2D eigenvalue weighted by molar-refractivity contribution is -0.174. The predicted octanol–water partition coefficient (Wildman–Crippen LogP) is 1.60. The Kier molecular flexibility index (Phi) is 4.31. The highest BCUT2D eigenvalue weighted by Gasteiger charge is 2.64. The van der Waals surface area contributed by atoms with Gasteiger partial charge < -0.3 is 14.6 Å². The number of aliphatic carboxylic acids is 1. The number of hydrogen-bond donors (Lipinski definition) is 1. The predicted molar refractivity (Wildman–Crippen MR) is 85.8 cm³/mol. The molecule has 7 nitrogen and oxygen atoms in total. The minimum Gasteiger partial charge on any atom is -0.478 e. The van der Waals surface area contributed by atoms with Gasteiger partial charge in [-0.05, 0) is 5.56 Å². The molecule has 0 aliphatic carbocycles. The van der Waals surface area contributed by atoms with Crippen LogP contribution in [-0.2, 0) is 30.5 Å².